The van der Waals surface area contributed by atoms with Crippen LogP contribution >= 0.6 is 0 Å². The third kappa shape index (κ3) is 7.00. The van der Waals surface area contributed by atoms with Gasteiger partial charge in [0, 0.05) is 11.4 Å². The second-order valence-electron chi connectivity index (χ2n) is 9.04. The van der Waals surface area contributed by atoms with Gasteiger partial charge in [0.05, 0.1) is 5.54 Å². The average molecular weight is 414 g/mol. The van der Waals surface area contributed by atoms with E-state index in [2.05, 4.69) is 114 Å². The monoisotopic (exact) mass is 413 g/mol. The first kappa shape index (κ1) is 26.0. The first-order valence-corrected chi connectivity index (χ1v) is 10.7. The van der Waals surface area contributed by atoms with E-state index in [0.717, 1.165) is 22.5 Å². The van der Waals surface area contributed by atoms with Gasteiger partial charge in [-0.25, -0.2) is 0 Å². The van der Waals surface area contributed by atoms with Gasteiger partial charge in [-0.1, -0.05) is 107 Å². The van der Waals surface area contributed by atoms with E-state index in [1.54, 1.807) is 0 Å². The van der Waals surface area contributed by atoms with E-state index in [0.29, 0.717) is 0 Å². The maximum absolute atomic E-state index is 4.12. The van der Waals surface area contributed by atoms with E-state index in [4.69, 9.17) is 0 Å². The minimum Gasteiger partial charge on any atom is -0.332 e. The highest BCUT2D eigenvalue weighted by molar-refractivity contribution is 5.61. The molecule has 0 saturated carbocycles. The largest absolute Gasteiger partial charge is 0.332 e. The molecule has 1 rings (SSSR count). The lowest BCUT2D eigenvalue weighted by Gasteiger charge is -2.42. The van der Waals surface area contributed by atoms with Crippen molar-refractivity contribution >= 4 is 5.69 Å². The van der Waals surface area contributed by atoms with Crippen LogP contribution in [0.4, 0.5) is 5.69 Å². The Morgan fingerprint density at radius 1 is 0.710 bits per heavy atom. The fraction of sp³-hybridized carbons (Fsp3) is 0.267. The smallest absolute Gasteiger partial charge is 0.0646 e. The Balaban J connectivity index is 3.74. The van der Waals surface area contributed by atoms with Crippen molar-refractivity contribution in [3.8, 4) is 0 Å². The van der Waals surface area contributed by atoms with Crippen LogP contribution in [-0.4, -0.2) is 5.54 Å². The van der Waals surface area contributed by atoms with E-state index < -0.39 is 0 Å². The highest BCUT2D eigenvalue weighted by atomic mass is 15.2. The van der Waals surface area contributed by atoms with Crippen molar-refractivity contribution in [1.82, 2.24) is 0 Å². The Bertz CT molecular complexity index is 909. The molecule has 1 heteroatoms. The van der Waals surface area contributed by atoms with E-state index in [1.807, 2.05) is 37.3 Å². The molecule has 0 aliphatic rings. The maximum atomic E-state index is 4.12. The van der Waals surface area contributed by atoms with Gasteiger partial charge in [0.15, 0.2) is 0 Å². The van der Waals surface area contributed by atoms with Crippen molar-refractivity contribution in [3.63, 3.8) is 0 Å². The topological polar surface area (TPSA) is 3.24 Å². The first-order chi connectivity index (χ1) is 14.5. The van der Waals surface area contributed by atoms with Crippen molar-refractivity contribution in [1.29, 1.82) is 0 Å². The standard InChI is InChI=1S/C30H39N/c1-11-24(5)20-21-26(13-3)30(9,10)31(28-18-16-15-17-19-28)27(14-4)23-22-25(12-2)29(6,7)8/h11-23H,1-4H2,5-10H3/b24-20-,25-22+,26-21+,27-23+. The van der Waals surface area contributed by atoms with Crippen molar-refractivity contribution in [2.24, 2.45) is 5.41 Å². The summed E-state index contributed by atoms with van der Waals surface area (Å²) in [6.45, 7) is 29.1. The minimum atomic E-state index is -0.384. The number of benzene rings is 1. The van der Waals surface area contributed by atoms with Crippen LogP contribution < -0.4 is 4.90 Å². The second kappa shape index (κ2) is 11.4. The number of anilines is 1. The molecule has 0 aliphatic carbocycles. The Morgan fingerprint density at radius 3 is 1.71 bits per heavy atom. The number of para-hydroxylation sites is 1. The van der Waals surface area contributed by atoms with E-state index >= 15 is 0 Å². The summed E-state index contributed by atoms with van der Waals surface area (Å²) in [5.74, 6) is 0. The number of nitrogens with zero attached hydrogens (tertiary/aromatic N) is 1. The summed E-state index contributed by atoms with van der Waals surface area (Å²) >= 11 is 0. The summed E-state index contributed by atoms with van der Waals surface area (Å²) in [5.41, 5.74) is 5.07. The third-order valence-corrected chi connectivity index (χ3v) is 5.33. The van der Waals surface area contributed by atoms with Gasteiger partial charge in [0.2, 0.25) is 0 Å². The number of hydrogen-bond acceptors (Lipinski definition) is 1. The molecule has 0 N–H and O–H groups in total. The zero-order valence-corrected chi connectivity index (χ0v) is 20.3. The Kier molecular flexibility index (Phi) is 9.52. The molecule has 0 saturated heterocycles. The summed E-state index contributed by atoms with van der Waals surface area (Å²) in [7, 11) is 0. The van der Waals surface area contributed by atoms with Gasteiger partial charge in [-0.2, -0.15) is 0 Å². The third-order valence-electron chi connectivity index (χ3n) is 5.33. The molecule has 0 aliphatic heterocycles. The predicted octanol–water partition coefficient (Wildman–Crippen LogP) is 8.74. The van der Waals surface area contributed by atoms with Crippen LogP contribution in [0.1, 0.15) is 41.5 Å². The zero-order chi connectivity index (χ0) is 23.7. The molecular formula is C30H39N. The van der Waals surface area contributed by atoms with Gasteiger partial charge in [-0.3, -0.25) is 0 Å². The lowest BCUT2D eigenvalue weighted by Crippen LogP contribution is -2.44. The molecule has 0 radical (unpaired) electrons. The second-order valence-corrected chi connectivity index (χ2v) is 9.04. The van der Waals surface area contributed by atoms with Gasteiger partial charge in [-0.05, 0) is 61.6 Å². The average Bonchev–Trinajstić information content (AvgIpc) is 2.72. The lowest BCUT2D eigenvalue weighted by atomic mass is 9.86. The molecule has 1 aromatic carbocycles. The molecule has 0 unspecified atom stereocenters. The van der Waals surface area contributed by atoms with Gasteiger partial charge in [0.1, 0.15) is 0 Å². The normalized spacial score (nSPS) is 14.1. The molecule has 1 nitrogen and oxygen atoms in total. The Labute approximate surface area is 190 Å². The van der Waals surface area contributed by atoms with Gasteiger partial charge < -0.3 is 4.90 Å². The highest BCUT2D eigenvalue weighted by Gasteiger charge is 2.31. The number of hydrogen-bond donors (Lipinski definition) is 0. The van der Waals surface area contributed by atoms with Crippen molar-refractivity contribution in [2.75, 3.05) is 4.90 Å². The summed E-state index contributed by atoms with van der Waals surface area (Å²) in [6.07, 6.45) is 16.0. The molecular weight excluding hydrogens is 374 g/mol. The van der Waals surface area contributed by atoms with E-state index in [-0.39, 0.29) is 11.0 Å². The highest BCUT2D eigenvalue weighted by Crippen LogP contribution is 2.35. The summed E-state index contributed by atoms with van der Waals surface area (Å²) in [4.78, 5) is 2.30. The number of rotatable bonds is 10. The quantitative estimate of drug-likeness (QED) is 0.346. The molecule has 1 aromatic rings. The van der Waals surface area contributed by atoms with Crippen LogP contribution in [0.5, 0.6) is 0 Å². The summed E-state index contributed by atoms with van der Waals surface area (Å²) < 4.78 is 0. The first-order valence-electron chi connectivity index (χ1n) is 10.7. The number of allylic oxidation sites excluding steroid dienone is 9. The Morgan fingerprint density at radius 2 is 1.26 bits per heavy atom. The van der Waals surface area contributed by atoms with Crippen molar-refractivity contribution in [2.45, 2.75) is 47.1 Å². The fourth-order valence-corrected chi connectivity index (χ4v) is 3.34. The molecule has 0 spiro atoms. The predicted molar refractivity (Wildman–Crippen MR) is 141 cm³/mol. The van der Waals surface area contributed by atoms with Crippen LogP contribution in [0.3, 0.4) is 0 Å². The van der Waals surface area contributed by atoms with Gasteiger partial charge in [-0.15, -0.1) is 0 Å². The summed E-state index contributed by atoms with van der Waals surface area (Å²) in [5, 5.41) is 0. The van der Waals surface area contributed by atoms with Crippen molar-refractivity contribution < 1.29 is 0 Å². The SMILES string of the molecule is C=C/C(C)=C\C=C(/C=C)C(C)(C)N(/C(C=C)=C/C=C(\C=C)C(C)(C)C)c1ccccc1. The van der Waals surface area contributed by atoms with Gasteiger partial charge >= 0.3 is 0 Å². The van der Waals surface area contributed by atoms with E-state index in [1.165, 1.54) is 5.57 Å². The summed E-state index contributed by atoms with van der Waals surface area (Å²) in [6, 6.07) is 10.4. The van der Waals surface area contributed by atoms with Crippen LogP contribution in [0.15, 0.2) is 128 Å². The fourth-order valence-electron chi connectivity index (χ4n) is 3.34. The molecule has 0 amide bonds. The Hall–Kier alpha value is -3.06. The van der Waals surface area contributed by atoms with Crippen LogP contribution in [0.25, 0.3) is 0 Å². The van der Waals surface area contributed by atoms with Crippen molar-refractivity contribution in [3.05, 3.63) is 128 Å². The molecule has 0 bridgehead atoms. The molecule has 0 aromatic heterocycles. The molecule has 164 valence electrons. The van der Waals surface area contributed by atoms with Crippen LogP contribution in [-0.2, 0) is 0 Å². The van der Waals surface area contributed by atoms with Crippen LogP contribution in [0.2, 0.25) is 0 Å². The molecule has 0 fully saturated rings. The van der Waals surface area contributed by atoms with E-state index in [9.17, 15) is 0 Å². The zero-order valence-electron chi connectivity index (χ0n) is 20.3. The molecule has 31 heavy (non-hydrogen) atoms. The molecule has 0 heterocycles. The maximum Gasteiger partial charge on any atom is 0.0646 e. The molecule has 0 atom stereocenters. The lowest BCUT2D eigenvalue weighted by molar-refractivity contribution is 0.517. The van der Waals surface area contributed by atoms with Gasteiger partial charge in [0.25, 0.3) is 0 Å². The minimum absolute atomic E-state index is 0.0107. The van der Waals surface area contributed by atoms with Crippen LogP contribution in [0, 0.1) is 5.41 Å².